The quantitative estimate of drug-likeness (QED) is 0.487. The van der Waals surface area contributed by atoms with Gasteiger partial charge in [-0.2, -0.15) is 0 Å². The molecule has 112 valence electrons. The lowest BCUT2D eigenvalue weighted by atomic mass is 10.3. The molecule has 1 aliphatic rings. The molecule has 0 radical (unpaired) electrons. The van der Waals surface area contributed by atoms with Crippen LogP contribution in [0.2, 0.25) is 0 Å². The molecule has 0 aromatic carbocycles. The van der Waals surface area contributed by atoms with Crippen LogP contribution in [0.15, 0.2) is 0 Å². The topological polar surface area (TPSA) is 147 Å². The highest BCUT2D eigenvalue weighted by molar-refractivity contribution is 5.87. The monoisotopic (exact) mass is 286 g/mol. The molecular formula is C11H18N4O5. The van der Waals surface area contributed by atoms with Crippen molar-refractivity contribution in [3.8, 4) is 0 Å². The van der Waals surface area contributed by atoms with Crippen molar-refractivity contribution in [2.75, 3.05) is 19.6 Å². The zero-order valence-corrected chi connectivity index (χ0v) is 10.9. The van der Waals surface area contributed by atoms with Gasteiger partial charge >= 0.3 is 12.0 Å². The van der Waals surface area contributed by atoms with E-state index in [9.17, 15) is 19.2 Å². The number of nitrogens with two attached hydrogens (primary N) is 2. The highest BCUT2D eigenvalue weighted by atomic mass is 16.4. The molecule has 4 amide bonds. The molecule has 0 aromatic heterocycles. The summed E-state index contributed by atoms with van der Waals surface area (Å²) in [6.07, 6.45) is 1.34. The average Bonchev–Trinajstić information content (AvgIpc) is 3.10. The summed E-state index contributed by atoms with van der Waals surface area (Å²) in [5.74, 6) is -2.57. The Morgan fingerprint density at radius 3 is 1.90 bits per heavy atom. The first kappa shape index (κ1) is 15.7. The van der Waals surface area contributed by atoms with Crippen molar-refractivity contribution in [3.05, 3.63) is 0 Å². The van der Waals surface area contributed by atoms with Gasteiger partial charge in [0.05, 0.1) is 6.42 Å². The Morgan fingerprint density at radius 2 is 1.55 bits per heavy atom. The van der Waals surface area contributed by atoms with E-state index in [1.165, 1.54) is 4.90 Å². The molecule has 1 fully saturated rings. The number of carbonyl (C=O) groups is 4. The summed E-state index contributed by atoms with van der Waals surface area (Å²) in [7, 11) is 0. The number of amides is 4. The van der Waals surface area contributed by atoms with Gasteiger partial charge in [-0.15, -0.1) is 0 Å². The third kappa shape index (κ3) is 5.12. The number of hydrogen-bond donors (Lipinski definition) is 3. The van der Waals surface area contributed by atoms with Gasteiger partial charge in [-0.3, -0.25) is 14.4 Å². The van der Waals surface area contributed by atoms with Gasteiger partial charge in [0.15, 0.2) is 0 Å². The highest BCUT2D eigenvalue weighted by Gasteiger charge is 2.35. The van der Waals surface area contributed by atoms with Crippen molar-refractivity contribution in [1.82, 2.24) is 9.80 Å². The van der Waals surface area contributed by atoms with Crippen molar-refractivity contribution < 1.29 is 24.3 Å². The zero-order valence-electron chi connectivity index (χ0n) is 10.9. The van der Waals surface area contributed by atoms with Gasteiger partial charge in [-0.25, -0.2) is 4.79 Å². The molecular weight excluding hydrogens is 268 g/mol. The fourth-order valence-electron chi connectivity index (χ4n) is 1.79. The molecule has 0 saturated heterocycles. The fraction of sp³-hybridized carbons (Fsp3) is 0.636. The van der Waals surface area contributed by atoms with E-state index in [0.717, 1.165) is 17.7 Å². The first-order chi connectivity index (χ1) is 9.31. The van der Waals surface area contributed by atoms with Crippen LogP contribution in [-0.2, 0) is 14.4 Å². The van der Waals surface area contributed by atoms with E-state index in [2.05, 4.69) is 0 Å². The average molecular weight is 286 g/mol. The van der Waals surface area contributed by atoms with Crippen LogP contribution in [-0.4, -0.2) is 64.4 Å². The number of rotatable bonds is 8. The molecule has 1 aliphatic carbocycles. The van der Waals surface area contributed by atoms with Crippen LogP contribution < -0.4 is 11.5 Å². The molecule has 0 aliphatic heterocycles. The van der Waals surface area contributed by atoms with Crippen molar-refractivity contribution in [2.24, 2.45) is 11.5 Å². The van der Waals surface area contributed by atoms with Crippen LogP contribution in [0.4, 0.5) is 4.79 Å². The summed E-state index contributed by atoms with van der Waals surface area (Å²) >= 11 is 0. The van der Waals surface area contributed by atoms with Gasteiger partial charge in [0.2, 0.25) is 11.8 Å². The van der Waals surface area contributed by atoms with E-state index >= 15 is 0 Å². The summed E-state index contributed by atoms with van der Waals surface area (Å²) in [5, 5.41) is 8.68. The highest BCUT2D eigenvalue weighted by Crippen LogP contribution is 2.27. The lowest BCUT2D eigenvalue weighted by Crippen LogP contribution is -2.50. The predicted molar refractivity (Wildman–Crippen MR) is 67.3 cm³/mol. The predicted octanol–water partition coefficient (Wildman–Crippen LogP) is -1.68. The molecule has 0 atom stereocenters. The van der Waals surface area contributed by atoms with Crippen molar-refractivity contribution in [1.29, 1.82) is 0 Å². The van der Waals surface area contributed by atoms with Crippen LogP contribution in [0.1, 0.15) is 19.3 Å². The normalized spacial score (nSPS) is 13.6. The Morgan fingerprint density at radius 1 is 1.05 bits per heavy atom. The maximum Gasteiger partial charge on any atom is 0.321 e. The Hall–Kier alpha value is -2.32. The second-order valence-corrected chi connectivity index (χ2v) is 4.64. The SMILES string of the molecule is NC(=O)CN(CC(N)=O)C(=O)N(CCC(=O)O)C1CC1. The van der Waals surface area contributed by atoms with Gasteiger partial charge in [0.25, 0.3) is 0 Å². The second-order valence-electron chi connectivity index (χ2n) is 4.64. The Bertz CT molecular complexity index is 405. The summed E-state index contributed by atoms with van der Waals surface area (Å²) in [5.41, 5.74) is 10.0. The maximum atomic E-state index is 12.3. The molecule has 20 heavy (non-hydrogen) atoms. The van der Waals surface area contributed by atoms with Crippen LogP contribution in [0, 0.1) is 0 Å². The molecule has 0 unspecified atom stereocenters. The third-order valence-electron chi connectivity index (χ3n) is 2.76. The molecule has 9 nitrogen and oxygen atoms in total. The van der Waals surface area contributed by atoms with Crippen LogP contribution in [0.5, 0.6) is 0 Å². The standard InChI is InChI=1S/C11H18N4O5/c12-8(16)5-14(6-9(13)17)11(20)15(7-1-2-7)4-3-10(18)19/h7H,1-6H2,(H2,12,16)(H2,13,17)(H,18,19). The minimum Gasteiger partial charge on any atom is -0.481 e. The Labute approximate surface area is 115 Å². The van der Waals surface area contributed by atoms with Crippen molar-refractivity contribution in [3.63, 3.8) is 0 Å². The molecule has 5 N–H and O–H groups in total. The van der Waals surface area contributed by atoms with E-state index in [4.69, 9.17) is 16.6 Å². The summed E-state index contributed by atoms with van der Waals surface area (Å²) < 4.78 is 0. The molecule has 0 heterocycles. The first-order valence-electron chi connectivity index (χ1n) is 6.15. The number of primary amides is 2. The number of aliphatic carboxylic acids is 1. The summed E-state index contributed by atoms with van der Waals surface area (Å²) in [4.78, 5) is 47.0. The van der Waals surface area contributed by atoms with E-state index in [1.807, 2.05) is 0 Å². The summed E-state index contributed by atoms with van der Waals surface area (Å²) in [6.45, 7) is -0.844. The van der Waals surface area contributed by atoms with Crippen molar-refractivity contribution in [2.45, 2.75) is 25.3 Å². The van der Waals surface area contributed by atoms with Gasteiger partial charge in [-0.05, 0) is 12.8 Å². The van der Waals surface area contributed by atoms with Crippen LogP contribution >= 0.6 is 0 Å². The minimum atomic E-state index is -1.03. The number of carboxylic acid groups (broad SMARTS) is 1. The van der Waals surface area contributed by atoms with Gasteiger partial charge < -0.3 is 26.4 Å². The number of hydrogen-bond acceptors (Lipinski definition) is 4. The van der Waals surface area contributed by atoms with Crippen LogP contribution in [0.3, 0.4) is 0 Å². The molecule has 0 aromatic rings. The number of nitrogens with zero attached hydrogens (tertiary/aromatic N) is 2. The number of urea groups is 1. The van der Waals surface area contributed by atoms with E-state index in [1.54, 1.807) is 0 Å². The van der Waals surface area contributed by atoms with Gasteiger partial charge in [0, 0.05) is 12.6 Å². The number of carboxylic acids is 1. The maximum absolute atomic E-state index is 12.3. The Kier molecular flexibility index (Phi) is 5.30. The molecule has 0 bridgehead atoms. The lowest BCUT2D eigenvalue weighted by Gasteiger charge is -2.29. The molecule has 0 spiro atoms. The Balaban J connectivity index is 2.74. The summed E-state index contributed by atoms with van der Waals surface area (Å²) in [6, 6.07) is -0.642. The van der Waals surface area contributed by atoms with Gasteiger partial charge in [-0.1, -0.05) is 0 Å². The molecule has 1 rings (SSSR count). The van der Waals surface area contributed by atoms with Crippen molar-refractivity contribution >= 4 is 23.8 Å². The molecule has 9 heteroatoms. The number of carbonyl (C=O) groups excluding carboxylic acids is 3. The van der Waals surface area contributed by atoms with E-state index in [0.29, 0.717) is 0 Å². The lowest BCUT2D eigenvalue weighted by molar-refractivity contribution is -0.137. The zero-order chi connectivity index (χ0) is 15.3. The van der Waals surface area contributed by atoms with E-state index in [-0.39, 0.29) is 19.0 Å². The third-order valence-corrected chi connectivity index (χ3v) is 2.76. The minimum absolute atomic E-state index is 0.0207. The second kappa shape index (κ2) is 6.73. The first-order valence-corrected chi connectivity index (χ1v) is 6.15. The largest absolute Gasteiger partial charge is 0.481 e. The fourth-order valence-corrected chi connectivity index (χ4v) is 1.79. The smallest absolute Gasteiger partial charge is 0.321 e. The van der Waals surface area contributed by atoms with Gasteiger partial charge in [0.1, 0.15) is 13.1 Å². The van der Waals surface area contributed by atoms with Crippen LogP contribution in [0.25, 0.3) is 0 Å². The van der Waals surface area contributed by atoms with E-state index < -0.39 is 36.9 Å². The molecule has 1 saturated carbocycles.